The molecule has 0 bridgehead atoms. The number of hydrogen-bond donors (Lipinski definition) is 0. The van der Waals surface area contributed by atoms with Crippen molar-refractivity contribution in [3.63, 3.8) is 0 Å². The number of piperazine rings is 1. The fourth-order valence-electron chi connectivity index (χ4n) is 3.36. The highest BCUT2D eigenvalue weighted by Gasteiger charge is 2.27. The molecule has 128 valence electrons. The van der Waals surface area contributed by atoms with Crippen LogP contribution in [0.15, 0.2) is 43.0 Å². The number of hydrogen-bond acceptors (Lipinski definition) is 5. The average molecular weight is 326 g/mol. The highest BCUT2D eigenvalue weighted by molar-refractivity contribution is 5.15. The van der Waals surface area contributed by atoms with Crippen LogP contribution in [0.5, 0.6) is 0 Å². The van der Waals surface area contributed by atoms with E-state index in [0.29, 0.717) is 0 Å². The fourth-order valence-corrected chi connectivity index (χ4v) is 3.36. The Morgan fingerprint density at radius 3 is 2.58 bits per heavy atom. The summed E-state index contributed by atoms with van der Waals surface area (Å²) in [6, 6.07) is 10.6. The molecule has 0 aliphatic carbocycles. The normalized spacial score (nSPS) is 17.7. The first kappa shape index (κ1) is 16.8. The maximum absolute atomic E-state index is 4.34. The number of benzene rings is 1. The van der Waals surface area contributed by atoms with Crippen LogP contribution in [0.1, 0.15) is 30.8 Å². The molecule has 0 amide bonds. The van der Waals surface area contributed by atoms with Gasteiger partial charge >= 0.3 is 0 Å². The second-order valence-corrected chi connectivity index (χ2v) is 6.23. The van der Waals surface area contributed by atoms with Gasteiger partial charge in [-0.15, -0.1) is 11.7 Å². The Hall–Kier alpha value is -2.05. The topological polar surface area (TPSA) is 50.1 Å². The summed E-state index contributed by atoms with van der Waals surface area (Å²) in [5.41, 5.74) is 1.22. The molecule has 6 heteroatoms. The monoisotopic (exact) mass is 326 g/mol. The number of nitrogens with zero attached hydrogens (tertiary/aromatic N) is 6. The molecule has 3 rings (SSSR count). The number of rotatable bonds is 7. The maximum Gasteiger partial charge on any atom is 0.168 e. The Morgan fingerprint density at radius 1 is 1.17 bits per heavy atom. The van der Waals surface area contributed by atoms with Crippen molar-refractivity contribution in [2.75, 3.05) is 32.7 Å². The Morgan fingerprint density at radius 2 is 1.92 bits per heavy atom. The molecule has 0 saturated carbocycles. The molecule has 0 spiro atoms. The van der Waals surface area contributed by atoms with Crippen LogP contribution in [0.3, 0.4) is 0 Å². The maximum atomic E-state index is 4.34. The zero-order chi connectivity index (χ0) is 16.8. The second kappa shape index (κ2) is 8.17. The van der Waals surface area contributed by atoms with E-state index in [0.717, 1.165) is 51.5 Å². The molecule has 6 nitrogen and oxygen atoms in total. The van der Waals surface area contributed by atoms with E-state index in [9.17, 15) is 0 Å². The van der Waals surface area contributed by atoms with E-state index in [1.54, 1.807) is 0 Å². The summed E-state index contributed by atoms with van der Waals surface area (Å²) in [6.45, 7) is 12.0. The minimum absolute atomic E-state index is 0.273. The predicted octanol–water partition coefficient (Wildman–Crippen LogP) is 1.98. The van der Waals surface area contributed by atoms with Crippen molar-refractivity contribution in [2.24, 2.45) is 0 Å². The fraction of sp³-hybridized carbons (Fsp3) is 0.500. The molecule has 1 unspecified atom stereocenters. The number of aromatic nitrogens is 4. The zero-order valence-corrected chi connectivity index (χ0v) is 14.4. The Labute approximate surface area is 143 Å². The second-order valence-electron chi connectivity index (χ2n) is 6.23. The lowest BCUT2D eigenvalue weighted by atomic mass is 10.1. The molecule has 2 heterocycles. The van der Waals surface area contributed by atoms with Crippen molar-refractivity contribution in [2.45, 2.75) is 25.9 Å². The third-order valence-corrected chi connectivity index (χ3v) is 4.65. The van der Waals surface area contributed by atoms with E-state index >= 15 is 0 Å². The summed E-state index contributed by atoms with van der Waals surface area (Å²) in [6.07, 6.45) is 2.99. The van der Waals surface area contributed by atoms with Crippen LogP contribution in [0.4, 0.5) is 0 Å². The summed E-state index contributed by atoms with van der Waals surface area (Å²) < 4.78 is 1.94. The predicted molar refractivity (Wildman–Crippen MR) is 94.6 cm³/mol. The van der Waals surface area contributed by atoms with Gasteiger partial charge in [0.1, 0.15) is 0 Å². The van der Waals surface area contributed by atoms with E-state index in [1.807, 2.05) is 16.8 Å². The minimum Gasteiger partial charge on any atom is -0.297 e. The lowest BCUT2D eigenvalue weighted by Crippen LogP contribution is -2.47. The van der Waals surface area contributed by atoms with Gasteiger partial charge in [0.15, 0.2) is 5.82 Å². The average Bonchev–Trinajstić information content (AvgIpc) is 3.06. The van der Waals surface area contributed by atoms with Gasteiger partial charge in [0.2, 0.25) is 0 Å². The van der Waals surface area contributed by atoms with E-state index in [-0.39, 0.29) is 6.04 Å². The van der Waals surface area contributed by atoms with Gasteiger partial charge in [-0.05, 0) is 22.4 Å². The van der Waals surface area contributed by atoms with Gasteiger partial charge in [-0.2, -0.15) is 0 Å². The lowest BCUT2D eigenvalue weighted by molar-refractivity contribution is 0.0949. The molecule has 1 saturated heterocycles. The van der Waals surface area contributed by atoms with Crippen LogP contribution in [0, 0.1) is 0 Å². The molecular formula is C18H26N6. The van der Waals surface area contributed by atoms with E-state index < -0.39 is 0 Å². The zero-order valence-electron chi connectivity index (χ0n) is 14.4. The van der Waals surface area contributed by atoms with Crippen LogP contribution in [-0.4, -0.2) is 62.7 Å². The molecule has 1 atom stereocenters. The van der Waals surface area contributed by atoms with Crippen molar-refractivity contribution in [3.8, 4) is 0 Å². The van der Waals surface area contributed by atoms with Crippen LogP contribution < -0.4 is 0 Å². The van der Waals surface area contributed by atoms with Gasteiger partial charge < -0.3 is 0 Å². The summed E-state index contributed by atoms with van der Waals surface area (Å²) in [5.74, 6) is 0.971. The van der Waals surface area contributed by atoms with Crippen molar-refractivity contribution < 1.29 is 0 Å². The summed E-state index contributed by atoms with van der Waals surface area (Å²) in [4.78, 5) is 4.94. The van der Waals surface area contributed by atoms with E-state index in [2.05, 4.69) is 63.1 Å². The van der Waals surface area contributed by atoms with Crippen LogP contribution in [-0.2, 0) is 6.54 Å². The van der Waals surface area contributed by atoms with Gasteiger partial charge in [-0.25, -0.2) is 4.68 Å². The van der Waals surface area contributed by atoms with Crippen molar-refractivity contribution in [3.05, 3.63) is 54.4 Å². The van der Waals surface area contributed by atoms with E-state index in [4.69, 9.17) is 0 Å². The van der Waals surface area contributed by atoms with Crippen LogP contribution >= 0.6 is 0 Å². The molecule has 1 aliphatic heterocycles. The summed E-state index contributed by atoms with van der Waals surface area (Å²) >= 11 is 0. The van der Waals surface area contributed by atoms with Crippen molar-refractivity contribution >= 4 is 0 Å². The standard InChI is InChI=1S/C18H26N6/c1-3-10-22-11-13-23(14-12-22)17(4-2)18-19-20-21-24(18)15-16-8-6-5-7-9-16/h3,5-9,17H,1,4,10-15H2,2H3. The van der Waals surface area contributed by atoms with Crippen LogP contribution in [0.2, 0.25) is 0 Å². The van der Waals surface area contributed by atoms with Gasteiger partial charge in [0.05, 0.1) is 12.6 Å². The van der Waals surface area contributed by atoms with Gasteiger partial charge in [0, 0.05) is 32.7 Å². The van der Waals surface area contributed by atoms with Crippen LogP contribution in [0.25, 0.3) is 0 Å². The highest BCUT2D eigenvalue weighted by atomic mass is 15.6. The molecule has 1 aromatic heterocycles. The SMILES string of the molecule is C=CCN1CCN(C(CC)c2nnnn2Cc2ccccc2)CC1. The molecule has 1 aromatic carbocycles. The number of tetrazole rings is 1. The quantitative estimate of drug-likeness (QED) is 0.728. The first-order valence-electron chi connectivity index (χ1n) is 8.69. The van der Waals surface area contributed by atoms with Gasteiger partial charge in [0.25, 0.3) is 0 Å². The molecule has 2 aromatic rings. The summed E-state index contributed by atoms with van der Waals surface area (Å²) in [7, 11) is 0. The lowest BCUT2D eigenvalue weighted by Gasteiger charge is -2.38. The first-order valence-corrected chi connectivity index (χ1v) is 8.69. The summed E-state index contributed by atoms with van der Waals surface area (Å²) in [5, 5.41) is 12.5. The van der Waals surface area contributed by atoms with Crippen molar-refractivity contribution in [1.29, 1.82) is 0 Å². The molecule has 24 heavy (non-hydrogen) atoms. The molecule has 0 radical (unpaired) electrons. The Balaban J connectivity index is 1.70. The Kier molecular flexibility index (Phi) is 5.72. The smallest absolute Gasteiger partial charge is 0.168 e. The first-order chi connectivity index (χ1) is 11.8. The van der Waals surface area contributed by atoms with E-state index in [1.165, 1.54) is 5.56 Å². The molecule has 1 aliphatic rings. The van der Waals surface area contributed by atoms with Gasteiger partial charge in [-0.1, -0.05) is 43.3 Å². The molecule has 1 fully saturated rings. The third-order valence-electron chi connectivity index (χ3n) is 4.65. The highest BCUT2D eigenvalue weighted by Crippen LogP contribution is 2.23. The molecular weight excluding hydrogens is 300 g/mol. The third kappa shape index (κ3) is 3.88. The minimum atomic E-state index is 0.273. The Bertz CT molecular complexity index is 630. The molecule has 0 N–H and O–H groups in total. The van der Waals surface area contributed by atoms with Gasteiger partial charge in [-0.3, -0.25) is 9.80 Å². The largest absolute Gasteiger partial charge is 0.297 e. The van der Waals surface area contributed by atoms with Crippen molar-refractivity contribution in [1.82, 2.24) is 30.0 Å².